The van der Waals surface area contributed by atoms with Crippen molar-refractivity contribution in [2.75, 3.05) is 52.3 Å². The zero-order valence-electron chi connectivity index (χ0n) is 19.4. The molecule has 0 saturated carbocycles. The molecule has 172 valence electrons. The van der Waals surface area contributed by atoms with Crippen LogP contribution in [0.4, 0.5) is 5.69 Å². The second kappa shape index (κ2) is 12.0. The molecule has 1 amide bonds. The molecular weight excluding hydrogens is 402 g/mol. The van der Waals surface area contributed by atoms with Crippen molar-refractivity contribution in [2.24, 2.45) is 4.99 Å². The van der Waals surface area contributed by atoms with Gasteiger partial charge in [0.15, 0.2) is 5.96 Å². The van der Waals surface area contributed by atoms with Gasteiger partial charge in [0.2, 0.25) is 5.91 Å². The number of anilines is 1. The molecule has 1 aliphatic rings. The average Bonchev–Trinajstić information content (AvgIpc) is 2.83. The molecule has 1 heterocycles. The number of guanidine groups is 1. The van der Waals surface area contributed by atoms with Gasteiger partial charge in [-0.25, -0.2) is 4.99 Å². The number of benzene rings is 2. The lowest BCUT2D eigenvalue weighted by Gasteiger charge is -2.35. The zero-order valence-corrected chi connectivity index (χ0v) is 19.4. The molecule has 7 heteroatoms. The maximum atomic E-state index is 12.1. The highest BCUT2D eigenvalue weighted by Crippen LogP contribution is 2.24. The minimum Gasteiger partial charge on any atom is -0.497 e. The van der Waals surface area contributed by atoms with E-state index in [0.29, 0.717) is 5.96 Å². The van der Waals surface area contributed by atoms with E-state index in [1.54, 1.807) is 26.1 Å². The van der Waals surface area contributed by atoms with E-state index in [1.807, 2.05) is 30.3 Å². The predicted octanol–water partition coefficient (Wildman–Crippen LogP) is 2.53. The fraction of sp³-hybridized carbons (Fsp3) is 0.440. The minimum atomic E-state index is -0.0178. The zero-order chi connectivity index (χ0) is 22.8. The van der Waals surface area contributed by atoms with Crippen molar-refractivity contribution in [3.8, 4) is 5.75 Å². The first-order chi connectivity index (χ1) is 15.5. The van der Waals surface area contributed by atoms with Crippen molar-refractivity contribution in [1.29, 1.82) is 0 Å². The number of nitrogens with zero attached hydrogens (tertiary/aromatic N) is 3. The first-order valence-electron chi connectivity index (χ1n) is 11.2. The van der Waals surface area contributed by atoms with Crippen molar-refractivity contribution in [3.63, 3.8) is 0 Å². The Morgan fingerprint density at radius 1 is 1.19 bits per heavy atom. The van der Waals surface area contributed by atoms with Crippen LogP contribution in [-0.2, 0) is 11.2 Å². The van der Waals surface area contributed by atoms with Gasteiger partial charge in [-0.3, -0.25) is 4.79 Å². The number of hydrogen-bond donors (Lipinski definition) is 2. The molecule has 0 spiro atoms. The highest BCUT2D eigenvalue weighted by atomic mass is 16.5. The summed E-state index contributed by atoms with van der Waals surface area (Å²) in [4.78, 5) is 20.6. The highest BCUT2D eigenvalue weighted by molar-refractivity contribution is 5.85. The molecule has 2 aromatic rings. The molecule has 0 radical (unpaired) electrons. The Morgan fingerprint density at radius 2 is 2.00 bits per heavy atom. The van der Waals surface area contributed by atoms with Gasteiger partial charge in [0.25, 0.3) is 0 Å². The molecule has 0 aliphatic carbocycles. The monoisotopic (exact) mass is 437 g/mol. The second-order valence-electron chi connectivity index (χ2n) is 8.25. The number of amides is 1. The standard InChI is InChI=1S/C25H35N5O2/c1-29(2)24(31)18-27-25(26-15-14-20-9-5-4-6-10-20)28-21-11-8-16-30(19-21)22-12-7-13-23(17-22)32-3/h4-7,9-10,12-13,17,21H,8,11,14-16,18-19H2,1-3H3,(H2,26,27,28). The first kappa shape index (κ1) is 23.4. The molecule has 7 nitrogen and oxygen atoms in total. The van der Waals surface area contributed by atoms with Crippen LogP contribution in [0.15, 0.2) is 59.6 Å². The smallest absolute Gasteiger partial charge is 0.243 e. The van der Waals surface area contributed by atoms with Gasteiger partial charge in [0.1, 0.15) is 12.3 Å². The summed E-state index contributed by atoms with van der Waals surface area (Å²) in [5.41, 5.74) is 2.43. The summed E-state index contributed by atoms with van der Waals surface area (Å²) in [7, 11) is 5.19. The molecular formula is C25H35N5O2. The van der Waals surface area contributed by atoms with Crippen LogP contribution in [0.1, 0.15) is 18.4 Å². The number of methoxy groups -OCH3 is 1. The third-order valence-electron chi connectivity index (χ3n) is 5.60. The Kier molecular flexibility index (Phi) is 8.78. The number of piperidine rings is 1. The Morgan fingerprint density at radius 3 is 2.75 bits per heavy atom. The van der Waals surface area contributed by atoms with E-state index in [-0.39, 0.29) is 18.5 Å². The summed E-state index contributed by atoms with van der Waals surface area (Å²) >= 11 is 0. The fourth-order valence-electron chi connectivity index (χ4n) is 3.74. The molecule has 3 rings (SSSR count). The van der Waals surface area contributed by atoms with Crippen LogP contribution in [0.3, 0.4) is 0 Å². The molecule has 1 aliphatic heterocycles. The summed E-state index contributed by atoms with van der Waals surface area (Å²) < 4.78 is 5.38. The maximum absolute atomic E-state index is 12.1. The molecule has 0 aromatic heterocycles. The van der Waals surface area contributed by atoms with Crippen molar-refractivity contribution in [2.45, 2.75) is 25.3 Å². The number of nitrogens with one attached hydrogen (secondary N) is 2. The molecule has 1 fully saturated rings. The lowest BCUT2D eigenvalue weighted by molar-refractivity contribution is -0.127. The Hall–Kier alpha value is -3.22. The summed E-state index contributed by atoms with van der Waals surface area (Å²) in [6.45, 7) is 2.75. The van der Waals surface area contributed by atoms with Crippen LogP contribution in [-0.4, -0.2) is 70.2 Å². The van der Waals surface area contributed by atoms with Gasteiger partial charge in [-0.05, 0) is 37.0 Å². The van der Waals surface area contributed by atoms with E-state index >= 15 is 0 Å². The maximum Gasteiger partial charge on any atom is 0.243 e. The van der Waals surface area contributed by atoms with Gasteiger partial charge in [-0.1, -0.05) is 36.4 Å². The SMILES string of the molecule is COc1cccc(N2CCCC(NC(=NCC(=O)N(C)C)NCCc3ccccc3)C2)c1. The summed E-state index contributed by atoms with van der Waals surface area (Å²) in [6, 6.07) is 18.8. The van der Waals surface area contributed by atoms with E-state index in [2.05, 4.69) is 44.8 Å². The first-order valence-corrected chi connectivity index (χ1v) is 11.2. The predicted molar refractivity (Wildman–Crippen MR) is 131 cm³/mol. The normalized spacial score (nSPS) is 16.4. The van der Waals surface area contributed by atoms with Crippen LogP contribution in [0.25, 0.3) is 0 Å². The van der Waals surface area contributed by atoms with Gasteiger partial charge in [0, 0.05) is 51.5 Å². The molecule has 1 atom stereocenters. The quantitative estimate of drug-likeness (QED) is 0.491. The summed E-state index contributed by atoms with van der Waals surface area (Å²) in [5, 5.41) is 6.97. The summed E-state index contributed by atoms with van der Waals surface area (Å²) in [6.07, 6.45) is 3.04. The number of hydrogen-bond acceptors (Lipinski definition) is 4. The molecule has 1 saturated heterocycles. The Bertz CT molecular complexity index is 885. The number of carbonyl (C=O) groups is 1. The van der Waals surface area contributed by atoms with Crippen LogP contribution in [0.5, 0.6) is 5.75 Å². The number of rotatable bonds is 8. The topological polar surface area (TPSA) is 69.2 Å². The van der Waals surface area contributed by atoms with E-state index in [1.165, 1.54) is 5.56 Å². The van der Waals surface area contributed by atoms with Gasteiger partial charge >= 0.3 is 0 Å². The van der Waals surface area contributed by atoms with Gasteiger partial charge in [0.05, 0.1) is 7.11 Å². The van der Waals surface area contributed by atoms with Gasteiger partial charge < -0.3 is 25.2 Å². The van der Waals surface area contributed by atoms with E-state index in [4.69, 9.17) is 4.74 Å². The lowest BCUT2D eigenvalue weighted by Crippen LogP contribution is -2.51. The van der Waals surface area contributed by atoms with Gasteiger partial charge in [-0.15, -0.1) is 0 Å². The Labute approximate surface area is 191 Å². The average molecular weight is 438 g/mol. The third kappa shape index (κ3) is 7.18. The van der Waals surface area contributed by atoms with Crippen LogP contribution in [0.2, 0.25) is 0 Å². The Balaban J connectivity index is 1.62. The molecule has 32 heavy (non-hydrogen) atoms. The van der Waals surface area contributed by atoms with E-state index in [9.17, 15) is 4.79 Å². The van der Waals surface area contributed by atoms with Crippen molar-refractivity contribution in [1.82, 2.24) is 15.5 Å². The van der Waals surface area contributed by atoms with E-state index < -0.39 is 0 Å². The van der Waals surface area contributed by atoms with Crippen LogP contribution >= 0.6 is 0 Å². The van der Waals surface area contributed by atoms with Crippen molar-refractivity contribution in [3.05, 3.63) is 60.2 Å². The van der Waals surface area contributed by atoms with Crippen LogP contribution < -0.4 is 20.3 Å². The highest BCUT2D eigenvalue weighted by Gasteiger charge is 2.21. The third-order valence-corrected chi connectivity index (χ3v) is 5.60. The lowest BCUT2D eigenvalue weighted by atomic mass is 10.0. The van der Waals surface area contributed by atoms with E-state index in [0.717, 1.165) is 50.3 Å². The van der Waals surface area contributed by atoms with Crippen molar-refractivity contribution < 1.29 is 9.53 Å². The largest absolute Gasteiger partial charge is 0.497 e. The number of likely N-dealkylation sites (N-methyl/N-ethyl adjacent to an activating group) is 1. The van der Waals surface area contributed by atoms with Crippen LogP contribution in [0, 0.1) is 0 Å². The van der Waals surface area contributed by atoms with Gasteiger partial charge in [-0.2, -0.15) is 0 Å². The number of aliphatic imine (C=N–C) groups is 1. The second-order valence-corrected chi connectivity index (χ2v) is 8.25. The molecule has 2 N–H and O–H groups in total. The number of carbonyl (C=O) groups excluding carboxylic acids is 1. The van der Waals surface area contributed by atoms with Crippen molar-refractivity contribution >= 4 is 17.6 Å². The molecule has 0 bridgehead atoms. The molecule has 2 aromatic carbocycles. The summed E-state index contributed by atoms with van der Waals surface area (Å²) in [5.74, 6) is 1.54. The molecule has 1 unspecified atom stereocenters. The number of ether oxygens (including phenoxy) is 1. The minimum absolute atomic E-state index is 0.0178. The fourth-order valence-corrected chi connectivity index (χ4v) is 3.74.